The number of nitrogens with zero attached hydrogens (tertiary/aromatic N) is 1. The van der Waals surface area contributed by atoms with Crippen LogP contribution in [0.25, 0.3) is 0 Å². The van der Waals surface area contributed by atoms with Crippen LogP contribution in [-0.2, 0) is 0 Å². The highest BCUT2D eigenvalue weighted by molar-refractivity contribution is 5.80. The normalized spacial score (nSPS) is 16.2. The minimum absolute atomic E-state index is 0.0213. The molecular weight excluding hydrogens is 266 g/mol. The number of hydrogen-bond acceptors (Lipinski definition) is 3. The molecule has 1 aliphatic rings. The Kier molecular flexibility index (Phi) is 5.72. The summed E-state index contributed by atoms with van der Waals surface area (Å²) >= 11 is 0. The molecule has 0 heterocycles. The quantitative estimate of drug-likeness (QED) is 0.597. The van der Waals surface area contributed by atoms with E-state index in [4.69, 9.17) is 9.47 Å². The topological polar surface area (TPSA) is 54.9 Å². The largest absolute Gasteiger partial charge is 0.497 e. The van der Waals surface area contributed by atoms with Crippen molar-refractivity contribution in [1.29, 1.82) is 0 Å². The first-order valence-electron chi connectivity index (χ1n) is 7.56. The van der Waals surface area contributed by atoms with Crippen LogP contribution in [0.15, 0.2) is 29.3 Å². The third-order valence-corrected chi connectivity index (χ3v) is 3.17. The molecule has 1 aliphatic carbocycles. The summed E-state index contributed by atoms with van der Waals surface area (Å²) in [7, 11) is 1.66. The van der Waals surface area contributed by atoms with Gasteiger partial charge in [0.1, 0.15) is 17.6 Å². The molecule has 1 aromatic rings. The summed E-state index contributed by atoms with van der Waals surface area (Å²) in [5.41, 5.74) is 0. The summed E-state index contributed by atoms with van der Waals surface area (Å²) in [6.07, 6.45) is 2.50. The smallest absolute Gasteiger partial charge is 0.191 e. The minimum Gasteiger partial charge on any atom is -0.497 e. The molecule has 1 atom stereocenters. The van der Waals surface area contributed by atoms with E-state index in [9.17, 15) is 0 Å². The maximum absolute atomic E-state index is 5.84. The Morgan fingerprint density at radius 2 is 1.95 bits per heavy atom. The van der Waals surface area contributed by atoms with E-state index in [0.29, 0.717) is 12.6 Å². The summed E-state index contributed by atoms with van der Waals surface area (Å²) in [5, 5.41) is 6.65. The average molecular weight is 291 g/mol. The van der Waals surface area contributed by atoms with E-state index in [1.807, 2.05) is 31.2 Å². The van der Waals surface area contributed by atoms with Crippen LogP contribution in [0.3, 0.4) is 0 Å². The maximum Gasteiger partial charge on any atom is 0.191 e. The van der Waals surface area contributed by atoms with Gasteiger partial charge >= 0.3 is 0 Å². The number of nitrogens with one attached hydrogen (secondary N) is 2. The lowest BCUT2D eigenvalue weighted by atomic mass is 10.3. The molecule has 1 saturated carbocycles. The van der Waals surface area contributed by atoms with E-state index in [-0.39, 0.29) is 6.10 Å². The zero-order valence-electron chi connectivity index (χ0n) is 13.1. The van der Waals surface area contributed by atoms with Crippen molar-refractivity contribution < 1.29 is 9.47 Å². The fourth-order valence-corrected chi connectivity index (χ4v) is 1.88. The van der Waals surface area contributed by atoms with Crippen molar-refractivity contribution in [2.45, 2.75) is 38.8 Å². The van der Waals surface area contributed by atoms with Crippen LogP contribution in [0.1, 0.15) is 26.7 Å². The minimum atomic E-state index is 0.0213. The van der Waals surface area contributed by atoms with Gasteiger partial charge in [-0.25, -0.2) is 4.99 Å². The lowest BCUT2D eigenvalue weighted by Crippen LogP contribution is -2.39. The van der Waals surface area contributed by atoms with Crippen LogP contribution < -0.4 is 20.1 Å². The highest BCUT2D eigenvalue weighted by Crippen LogP contribution is 2.19. The molecule has 5 heteroatoms. The summed E-state index contributed by atoms with van der Waals surface area (Å²) < 4.78 is 11.0. The van der Waals surface area contributed by atoms with Gasteiger partial charge in [0.05, 0.1) is 13.7 Å². The van der Waals surface area contributed by atoms with E-state index >= 15 is 0 Å². The molecule has 0 aromatic heterocycles. The van der Waals surface area contributed by atoms with Crippen LogP contribution in [0.4, 0.5) is 0 Å². The van der Waals surface area contributed by atoms with Crippen molar-refractivity contribution in [3.8, 4) is 11.5 Å². The Balaban J connectivity index is 1.82. The zero-order chi connectivity index (χ0) is 15.1. The molecule has 2 N–H and O–H groups in total. The standard InChI is InChI=1S/C16H25N3O2/c1-4-17-16(19-13-5-6-13)18-11-12(2)21-15-9-7-14(20-3)8-10-15/h7-10,12-13H,4-6,11H2,1-3H3,(H2,17,18,19). The molecule has 0 radical (unpaired) electrons. The predicted octanol–water partition coefficient (Wildman–Crippen LogP) is 2.18. The third-order valence-electron chi connectivity index (χ3n) is 3.17. The zero-order valence-corrected chi connectivity index (χ0v) is 13.1. The van der Waals surface area contributed by atoms with Crippen molar-refractivity contribution in [3.63, 3.8) is 0 Å². The van der Waals surface area contributed by atoms with Gasteiger partial charge in [-0.15, -0.1) is 0 Å². The van der Waals surface area contributed by atoms with Gasteiger partial charge in [0.25, 0.3) is 0 Å². The first-order chi connectivity index (χ1) is 10.2. The van der Waals surface area contributed by atoms with Crippen molar-refractivity contribution in [2.75, 3.05) is 20.2 Å². The summed E-state index contributed by atoms with van der Waals surface area (Å²) in [6.45, 7) is 5.58. The van der Waals surface area contributed by atoms with Crippen LogP contribution in [0, 0.1) is 0 Å². The fourth-order valence-electron chi connectivity index (χ4n) is 1.88. The molecule has 0 saturated heterocycles. The number of ether oxygens (including phenoxy) is 2. The molecule has 116 valence electrons. The molecule has 1 unspecified atom stereocenters. The number of guanidine groups is 1. The van der Waals surface area contributed by atoms with E-state index in [1.165, 1.54) is 12.8 Å². The lowest BCUT2D eigenvalue weighted by Gasteiger charge is -2.15. The number of methoxy groups -OCH3 is 1. The van der Waals surface area contributed by atoms with Gasteiger partial charge in [-0.3, -0.25) is 0 Å². The molecule has 0 amide bonds. The van der Waals surface area contributed by atoms with Gasteiger partial charge in [-0.05, 0) is 51.0 Å². The third kappa shape index (κ3) is 5.53. The second-order valence-electron chi connectivity index (χ2n) is 5.24. The Hall–Kier alpha value is -1.91. The van der Waals surface area contributed by atoms with Crippen molar-refractivity contribution in [1.82, 2.24) is 10.6 Å². The second kappa shape index (κ2) is 7.76. The van der Waals surface area contributed by atoms with Gasteiger partial charge in [0.2, 0.25) is 0 Å². The summed E-state index contributed by atoms with van der Waals surface area (Å²) in [6, 6.07) is 8.20. The molecule has 0 spiro atoms. The van der Waals surface area contributed by atoms with Gasteiger partial charge in [0.15, 0.2) is 5.96 Å². The number of aliphatic imine (C=N–C) groups is 1. The van der Waals surface area contributed by atoms with E-state index in [0.717, 1.165) is 24.0 Å². The lowest BCUT2D eigenvalue weighted by molar-refractivity contribution is 0.230. The Morgan fingerprint density at radius 1 is 1.29 bits per heavy atom. The van der Waals surface area contributed by atoms with Crippen LogP contribution in [0.2, 0.25) is 0 Å². The molecule has 5 nitrogen and oxygen atoms in total. The SMILES string of the molecule is CCNC(=NCC(C)Oc1ccc(OC)cc1)NC1CC1. The van der Waals surface area contributed by atoms with Gasteiger partial charge in [-0.1, -0.05) is 0 Å². The Bertz CT molecular complexity index is 455. The molecule has 2 rings (SSSR count). The second-order valence-corrected chi connectivity index (χ2v) is 5.24. The Morgan fingerprint density at radius 3 is 2.52 bits per heavy atom. The molecule has 0 bridgehead atoms. The van der Waals surface area contributed by atoms with Crippen molar-refractivity contribution >= 4 is 5.96 Å². The highest BCUT2D eigenvalue weighted by atomic mass is 16.5. The Labute approximate surface area is 126 Å². The van der Waals surface area contributed by atoms with E-state index < -0.39 is 0 Å². The van der Waals surface area contributed by atoms with Gasteiger partial charge < -0.3 is 20.1 Å². The predicted molar refractivity (Wildman–Crippen MR) is 85.2 cm³/mol. The first kappa shape index (κ1) is 15.5. The van der Waals surface area contributed by atoms with Crippen LogP contribution in [-0.4, -0.2) is 38.3 Å². The highest BCUT2D eigenvalue weighted by Gasteiger charge is 2.22. The average Bonchev–Trinajstić information content (AvgIpc) is 3.30. The number of hydrogen-bond donors (Lipinski definition) is 2. The van der Waals surface area contributed by atoms with Crippen LogP contribution >= 0.6 is 0 Å². The number of rotatable bonds is 7. The summed E-state index contributed by atoms with van der Waals surface area (Å²) in [4.78, 5) is 4.57. The van der Waals surface area contributed by atoms with Crippen molar-refractivity contribution in [3.05, 3.63) is 24.3 Å². The first-order valence-corrected chi connectivity index (χ1v) is 7.56. The maximum atomic E-state index is 5.84. The molecule has 21 heavy (non-hydrogen) atoms. The van der Waals surface area contributed by atoms with Crippen LogP contribution in [0.5, 0.6) is 11.5 Å². The molecule has 1 aromatic carbocycles. The number of benzene rings is 1. The monoisotopic (exact) mass is 291 g/mol. The van der Waals surface area contributed by atoms with Gasteiger partial charge in [-0.2, -0.15) is 0 Å². The molecular formula is C16H25N3O2. The molecule has 1 fully saturated rings. The van der Waals surface area contributed by atoms with E-state index in [1.54, 1.807) is 7.11 Å². The summed E-state index contributed by atoms with van der Waals surface area (Å²) in [5.74, 6) is 2.54. The fraction of sp³-hybridized carbons (Fsp3) is 0.562. The van der Waals surface area contributed by atoms with E-state index in [2.05, 4.69) is 22.5 Å². The molecule has 0 aliphatic heterocycles. The van der Waals surface area contributed by atoms with Crippen molar-refractivity contribution in [2.24, 2.45) is 4.99 Å². The van der Waals surface area contributed by atoms with Gasteiger partial charge in [0, 0.05) is 12.6 Å².